The Morgan fingerprint density at radius 2 is 2.04 bits per heavy atom. The summed E-state index contributed by atoms with van der Waals surface area (Å²) in [4.78, 5) is 26.4. The largest absolute Gasteiger partial charge is 0.364 e. The highest BCUT2D eigenvalue weighted by molar-refractivity contribution is 6.05. The van der Waals surface area contributed by atoms with E-state index in [0.717, 1.165) is 48.0 Å². The number of aromatic nitrogens is 2. The minimum Gasteiger partial charge on any atom is -0.364 e. The summed E-state index contributed by atoms with van der Waals surface area (Å²) in [5.74, 6) is -0.353. The van der Waals surface area contributed by atoms with Crippen LogP contribution < -0.4 is 11.1 Å². The number of aromatic amines is 1. The van der Waals surface area contributed by atoms with Gasteiger partial charge in [-0.15, -0.1) is 0 Å². The van der Waals surface area contributed by atoms with Crippen LogP contribution in [0.1, 0.15) is 40.9 Å². The van der Waals surface area contributed by atoms with Crippen LogP contribution in [0.3, 0.4) is 0 Å². The lowest BCUT2D eigenvalue weighted by Gasteiger charge is -2.34. The molecule has 1 fully saturated rings. The van der Waals surface area contributed by atoms with E-state index in [-0.39, 0.29) is 17.6 Å². The highest BCUT2D eigenvalue weighted by Crippen LogP contribution is 2.30. The number of hydrogen-bond acceptors (Lipinski definition) is 4. The molecule has 126 valence electrons. The molecule has 0 saturated carbocycles. The zero-order valence-electron chi connectivity index (χ0n) is 13.5. The second-order valence-electron chi connectivity index (χ2n) is 6.57. The fraction of sp³-hybridized carbons (Fsp3) is 0.471. The molecule has 1 saturated heterocycles. The number of carbonyl (C=O) groups excluding carboxylic acids is 2. The summed E-state index contributed by atoms with van der Waals surface area (Å²) in [7, 11) is 0. The number of nitrogens with two attached hydrogens (primary N) is 1. The van der Waals surface area contributed by atoms with E-state index < -0.39 is 5.91 Å². The lowest BCUT2D eigenvalue weighted by Crippen LogP contribution is -2.45. The Morgan fingerprint density at radius 3 is 2.79 bits per heavy atom. The Labute approximate surface area is 139 Å². The number of H-pyrrole nitrogens is 1. The van der Waals surface area contributed by atoms with E-state index in [4.69, 9.17) is 5.73 Å². The van der Waals surface area contributed by atoms with Gasteiger partial charge in [0.1, 0.15) is 0 Å². The number of benzene rings is 1. The Bertz CT molecular complexity index is 807. The van der Waals surface area contributed by atoms with Crippen LogP contribution in [0.2, 0.25) is 0 Å². The van der Waals surface area contributed by atoms with E-state index in [1.165, 1.54) is 0 Å². The third-order valence-electron chi connectivity index (χ3n) is 5.17. The van der Waals surface area contributed by atoms with Crippen molar-refractivity contribution < 1.29 is 9.59 Å². The van der Waals surface area contributed by atoms with E-state index in [0.29, 0.717) is 19.4 Å². The van der Waals surface area contributed by atoms with Gasteiger partial charge in [0.05, 0.1) is 5.52 Å². The fourth-order valence-electron chi connectivity index (χ4n) is 3.91. The summed E-state index contributed by atoms with van der Waals surface area (Å²) in [6.07, 6.45) is 3.12. The normalized spacial score (nSPS) is 19.3. The van der Waals surface area contributed by atoms with Crippen LogP contribution in [0.15, 0.2) is 12.1 Å². The Morgan fingerprint density at radius 1 is 1.25 bits per heavy atom. The van der Waals surface area contributed by atoms with Crippen molar-refractivity contribution in [1.82, 2.24) is 20.4 Å². The number of amides is 2. The van der Waals surface area contributed by atoms with Crippen LogP contribution >= 0.6 is 0 Å². The molecular formula is C17H21N5O2. The molecule has 2 aromatic rings. The second kappa shape index (κ2) is 5.90. The van der Waals surface area contributed by atoms with E-state index in [9.17, 15) is 9.59 Å². The minimum atomic E-state index is -0.543. The molecular weight excluding hydrogens is 306 g/mol. The first-order valence-electron chi connectivity index (χ1n) is 8.44. The van der Waals surface area contributed by atoms with Crippen molar-refractivity contribution in [1.29, 1.82) is 0 Å². The number of rotatable bonds is 2. The number of carbonyl (C=O) groups is 2. The lowest BCUT2D eigenvalue weighted by molar-refractivity contribution is -0.134. The number of nitrogens with zero attached hydrogens (tertiary/aromatic N) is 2. The van der Waals surface area contributed by atoms with Crippen LogP contribution in [0.4, 0.5) is 0 Å². The summed E-state index contributed by atoms with van der Waals surface area (Å²) < 4.78 is 0. The van der Waals surface area contributed by atoms with Gasteiger partial charge in [0, 0.05) is 24.4 Å². The maximum absolute atomic E-state index is 12.7. The molecule has 2 aliphatic heterocycles. The number of hydrogen-bond donors (Lipinski definition) is 3. The van der Waals surface area contributed by atoms with Crippen molar-refractivity contribution >= 4 is 22.7 Å². The molecule has 0 bridgehead atoms. The summed E-state index contributed by atoms with van der Waals surface area (Å²) in [5, 5.41) is 11.1. The monoisotopic (exact) mass is 327 g/mol. The molecule has 24 heavy (non-hydrogen) atoms. The standard InChI is InChI=1S/C17H21N5O2/c18-17(24)16-15-12-9-22(11-5-7-19-8-6-11)14(23)4-2-10(12)1-3-13(15)20-21-16/h1,3,11,19H,2,4-9H2,(H2,18,24)(H,20,21). The van der Waals surface area contributed by atoms with E-state index >= 15 is 0 Å². The molecule has 3 heterocycles. The van der Waals surface area contributed by atoms with Gasteiger partial charge in [-0.2, -0.15) is 5.10 Å². The zero-order valence-corrected chi connectivity index (χ0v) is 13.5. The van der Waals surface area contributed by atoms with Gasteiger partial charge < -0.3 is 16.0 Å². The average Bonchev–Trinajstić information content (AvgIpc) is 2.96. The van der Waals surface area contributed by atoms with Crippen molar-refractivity contribution in [3.8, 4) is 0 Å². The first kappa shape index (κ1) is 15.1. The quantitative estimate of drug-likeness (QED) is 0.755. The van der Waals surface area contributed by atoms with E-state index in [1.54, 1.807) is 0 Å². The molecule has 0 aliphatic carbocycles. The topological polar surface area (TPSA) is 104 Å². The van der Waals surface area contributed by atoms with Gasteiger partial charge in [-0.05, 0) is 49.5 Å². The first-order valence-corrected chi connectivity index (χ1v) is 8.44. The second-order valence-corrected chi connectivity index (χ2v) is 6.57. The highest BCUT2D eigenvalue weighted by Gasteiger charge is 2.30. The first-order chi connectivity index (χ1) is 11.6. The zero-order chi connectivity index (χ0) is 16.7. The molecule has 1 aromatic heterocycles. The van der Waals surface area contributed by atoms with Crippen LogP contribution in [0.25, 0.3) is 10.9 Å². The Hall–Kier alpha value is -2.41. The van der Waals surface area contributed by atoms with Crippen LogP contribution in [-0.2, 0) is 17.8 Å². The van der Waals surface area contributed by atoms with Crippen LogP contribution in [-0.4, -0.2) is 46.0 Å². The molecule has 0 unspecified atom stereocenters. The van der Waals surface area contributed by atoms with Crippen molar-refractivity contribution in [2.75, 3.05) is 13.1 Å². The molecule has 0 atom stereocenters. The average molecular weight is 327 g/mol. The predicted molar refractivity (Wildman–Crippen MR) is 89.4 cm³/mol. The fourth-order valence-corrected chi connectivity index (χ4v) is 3.91. The number of primary amides is 1. The van der Waals surface area contributed by atoms with E-state index in [2.05, 4.69) is 15.5 Å². The van der Waals surface area contributed by atoms with Crippen molar-refractivity contribution in [2.24, 2.45) is 5.73 Å². The van der Waals surface area contributed by atoms with Gasteiger partial charge in [-0.1, -0.05) is 6.07 Å². The molecule has 4 rings (SSSR count). The molecule has 0 radical (unpaired) electrons. The maximum atomic E-state index is 12.7. The Kier molecular flexibility index (Phi) is 3.72. The third-order valence-corrected chi connectivity index (χ3v) is 5.17. The molecule has 0 spiro atoms. The number of piperidine rings is 1. The van der Waals surface area contributed by atoms with E-state index in [1.807, 2.05) is 17.0 Å². The van der Waals surface area contributed by atoms with Gasteiger partial charge in [-0.3, -0.25) is 14.7 Å². The summed E-state index contributed by atoms with van der Waals surface area (Å²) in [6.45, 7) is 2.39. The summed E-state index contributed by atoms with van der Waals surface area (Å²) in [5.41, 5.74) is 8.67. The SMILES string of the molecule is NC(=O)c1n[nH]c2ccc3c(c12)CN(C1CCNCC1)C(=O)CC3. The summed E-state index contributed by atoms with van der Waals surface area (Å²) >= 11 is 0. The smallest absolute Gasteiger partial charge is 0.269 e. The van der Waals surface area contributed by atoms with Crippen LogP contribution in [0.5, 0.6) is 0 Å². The van der Waals surface area contributed by atoms with Crippen molar-refractivity contribution in [3.63, 3.8) is 0 Å². The molecule has 1 aromatic carbocycles. The number of aryl methyl sites for hydroxylation is 1. The highest BCUT2D eigenvalue weighted by atomic mass is 16.2. The number of fused-ring (bicyclic) bond motifs is 3. The molecule has 7 nitrogen and oxygen atoms in total. The van der Waals surface area contributed by atoms with Gasteiger partial charge in [-0.25, -0.2) is 0 Å². The van der Waals surface area contributed by atoms with Gasteiger partial charge in [0.25, 0.3) is 5.91 Å². The summed E-state index contributed by atoms with van der Waals surface area (Å²) in [6, 6.07) is 4.20. The Balaban J connectivity index is 1.80. The van der Waals surface area contributed by atoms with Crippen LogP contribution in [0, 0.1) is 0 Å². The predicted octanol–water partition coefficient (Wildman–Crippen LogP) is 0.689. The molecule has 2 aliphatic rings. The van der Waals surface area contributed by atoms with Gasteiger partial charge in [0.15, 0.2) is 5.69 Å². The van der Waals surface area contributed by atoms with Crippen molar-refractivity contribution in [3.05, 3.63) is 29.0 Å². The third kappa shape index (κ3) is 2.45. The number of nitrogens with one attached hydrogen (secondary N) is 2. The molecule has 4 N–H and O–H groups in total. The minimum absolute atomic E-state index is 0.190. The van der Waals surface area contributed by atoms with Crippen molar-refractivity contribution in [2.45, 2.75) is 38.3 Å². The maximum Gasteiger partial charge on any atom is 0.269 e. The molecule has 2 amide bonds. The lowest BCUT2D eigenvalue weighted by atomic mass is 9.98. The van der Waals surface area contributed by atoms with Gasteiger partial charge >= 0.3 is 0 Å². The van der Waals surface area contributed by atoms with Gasteiger partial charge in [0.2, 0.25) is 5.91 Å². The molecule has 7 heteroatoms.